The van der Waals surface area contributed by atoms with E-state index < -0.39 is 0 Å². The number of carbonyl (C=O) groups is 1. The van der Waals surface area contributed by atoms with Crippen LogP contribution < -0.4 is 11.1 Å². The Hall–Kier alpha value is -1.47. The summed E-state index contributed by atoms with van der Waals surface area (Å²) in [6, 6.07) is -0.204. The van der Waals surface area contributed by atoms with Crippen molar-refractivity contribution in [2.24, 2.45) is 5.73 Å². The lowest BCUT2D eigenvalue weighted by Crippen LogP contribution is -2.38. The number of amides is 1. The van der Waals surface area contributed by atoms with E-state index in [1.54, 1.807) is 6.20 Å². The number of hydrogen-bond donors (Lipinski definition) is 3. The second-order valence-corrected chi connectivity index (χ2v) is 3.47. The zero-order valence-electron chi connectivity index (χ0n) is 9.26. The van der Waals surface area contributed by atoms with Gasteiger partial charge in [0.15, 0.2) is 0 Å². The van der Waals surface area contributed by atoms with Crippen LogP contribution in [0.1, 0.15) is 19.0 Å². The summed E-state index contributed by atoms with van der Waals surface area (Å²) in [5.74, 6) is -0.200. The molecule has 0 fully saturated rings. The van der Waals surface area contributed by atoms with E-state index in [9.17, 15) is 4.79 Å². The third-order valence-corrected chi connectivity index (χ3v) is 2.18. The minimum absolute atomic E-state index is 0.0619. The van der Waals surface area contributed by atoms with Crippen molar-refractivity contribution >= 4 is 5.91 Å². The highest BCUT2D eigenvalue weighted by Crippen LogP contribution is 1.93. The molecule has 0 aliphatic heterocycles. The maximum atomic E-state index is 11.5. The fraction of sp³-hybridized carbons (Fsp3) is 0.667. The van der Waals surface area contributed by atoms with Gasteiger partial charge in [-0.1, -0.05) is 12.1 Å². The van der Waals surface area contributed by atoms with E-state index in [2.05, 4.69) is 15.6 Å². The minimum atomic E-state index is -0.204. The van der Waals surface area contributed by atoms with Crippen molar-refractivity contribution in [3.63, 3.8) is 0 Å². The minimum Gasteiger partial charge on any atom is -0.394 e. The third kappa shape index (κ3) is 3.59. The van der Waals surface area contributed by atoms with Crippen molar-refractivity contribution in [3.8, 4) is 0 Å². The van der Waals surface area contributed by atoms with Gasteiger partial charge in [0, 0.05) is 6.54 Å². The van der Waals surface area contributed by atoms with Crippen molar-refractivity contribution in [2.75, 3.05) is 6.61 Å². The van der Waals surface area contributed by atoms with Gasteiger partial charge in [0.2, 0.25) is 5.91 Å². The first kappa shape index (κ1) is 12.6. The maximum absolute atomic E-state index is 11.5. The number of nitrogens with zero attached hydrogens (tertiary/aromatic N) is 3. The summed E-state index contributed by atoms with van der Waals surface area (Å²) in [6.45, 7) is 2.22. The highest BCUT2D eigenvalue weighted by Gasteiger charge is 2.10. The van der Waals surface area contributed by atoms with E-state index in [4.69, 9.17) is 10.8 Å². The van der Waals surface area contributed by atoms with Crippen LogP contribution >= 0.6 is 0 Å². The van der Waals surface area contributed by atoms with Gasteiger partial charge < -0.3 is 16.2 Å². The molecule has 0 radical (unpaired) electrons. The van der Waals surface area contributed by atoms with Crippen LogP contribution in [0.15, 0.2) is 6.20 Å². The molecular weight excluding hydrogens is 210 g/mol. The fourth-order valence-corrected chi connectivity index (χ4v) is 1.21. The number of carbonyl (C=O) groups excluding carboxylic acids is 1. The van der Waals surface area contributed by atoms with E-state index in [-0.39, 0.29) is 25.1 Å². The Morgan fingerprint density at radius 1 is 1.75 bits per heavy atom. The van der Waals surface area contributed by atoms with E-state index >= 15 is 0 Å². The normalized spacial score (nSPS) is 12.4. The molecule has 1 aromatic rings. The Morgan fingerprint density at radius 2 is 2.50 bits per heavy atom. The molecule has 1 aromatic heterocycles. The van der Waals surface area contributed by atoms with Crippen LogP contribution in [0.3, 0.4) is 0 Å². The van der Waals surface area contributed by atoms with Gasteiger partial charge in [0.05, 0.1) is 24.5 Å². The van der Waals surface area contributed by atoms with Crippen LogP contribution in [0.25, 0.3) is 0 Å². The zero-order valence-corrected chi connectivity index (χ0v) is 9.26. The molecule has 0 spiro atoms. The Bertz CT molecular complexity index is 334. The van der Waals surface area contributed by atoms with Crippen LogP contribution in [0, 0.1) is 0 Å². The van der Waals surface area contributed by atoms with Gasteiger partial charge in [-0.3, -0.25) is 4.79 Å². The molecule has 0 aromatic carbocycles. The molecule has 0 bridgehead atoms. The first-order valence-electron chi connectivity index (χ1n) is 5.18. The Kier molecular flexibility index (Phi) is 4.87. The van der Waals surface area contributed by atoms with Crippen molar-refractivity contribution in [2.45, 2.75) is 32.5 Å². The summed E-state index contributed by atoms with van der Waals surface area (Å²) in [4.78, 5) is 11.5. The van der Waals surface area contributed by atoms with Gasteiger partial charge in [-0.05, 0) is 6.42 Å². The Labute approximate surface area is 93.6 Å². The summed E-state index contributed by atoms with van der Waals surface area (Å²) in [5.41, 5.74) is 6.01. The number of rotatable bonds is 6. The molecule has 1 heterocycles. The molecule has 90 valence electrons. The second-order valence-electron chi connectivity index (χ2n) is 3.47. The topological polar surface area (TPSA) is 106 Å². The molecule has 16 heavy (non-hydrogen) atoms. The predicted octanol–water partition coefficient (Wildman–Crippen LogP) is -1.38. The average Bonchev–Trinajstić information content (AvgIpc) is 2.73. The lowest BCUT2D eigenvalue weighted by Gasteiger charge is -2.13. The van der Waals surface area contributed by atoms with Gasteiger partial charge in [0.25, 0.3) is 0 Å². The highest BCUT2D eigenvalue weighted by molar-refractivity contribution is 5.75. The highest BCUT2D eigenvalue weighted by atomic mass is 16.3. The summed E-state index contributed by atoms with van der Waals surface area (Å²) in [5, 5.41) is 19.1. The fourth-order valence-electron chi connectivity index (χ4n) is 1.21. The lowest BCUT2D eigenvalue weighted by atomic mass is 10.2. The number of nitrogens with two attached hydrogens (primary N) is 1. The molecule has 0 unspecified atom stereocenters. The van der Waals surface area contributed by atoms with Gasteiger partial charge in [-0.15, -0.1) is 5.10 Å². The zero-order chi connectivity index (χ0) is 12.0. The van der Waals surface area contributed by atoms with Crippen LogP contribution in [-0.4, -0.2) is 38.7 Å². The number of aliphatic hydroxyl groups excluding tert-OH is 1. The van der Waals surface area contributed by atoms with Gasteiger partial charge in [-0.2, -0.15) is 0 Å². The molecule has 0 saturated carbocycles. The number of aliphatic hydroxyl groups is 1. The first-order valence-corrected chi connectivity index (χ1v) is 5.18. The number of hydrogen-bond acceptors (Lipinski definition) is 5. The van der Waals surface area contributed by atoms with E-state index in [1.807, 2.05) is 6.92 Å². The predicted molar refractivity (Wildman–Crippen MR) is 57.2 cm³/mol. The molecule has 0 aliphatic rings. The summed E-state index contributed by atoms with van der Waals surface area (Å²) < 4.78 is 1.42. The molecule has 1 rings (SSSR count). The lowest BCUT2D eigenvalue weighted by molar-refractivity contribution is -0.122. The van der Waals surface area contributed by atoms with Crippen LogP contribution in [0.4, 0.5) is 0 Å². The molecule has 1 amide bonds. The SMILES string of the molecule is CC[C@@H](CO)NC(=O)Cn1cc(CN)nn1. The van der Waals surface area contributed by atoms with Gasteiger partial charge >= 0.3 is 0 Å². The van der Waals surface area contributed by atoms with E-state index in [1.165, 1.54) is 4.68 Å². The standard InChI is InChI=1S/C9H17N5O2/c1-2-7(6-15)11-9(16)5-14-4-8(3-10)12-13-14/h4,7,15H,2-3,5-6,10H2,1H3,(H,11,16)/t7-/m0/s1. The largest absolute Gasteiger partial charge is 0.394 e. The molecule has 1 atom stereocenters. The number of aromatic nitrogens is 3. The quantitative estimate of drug-likeness (QED) is 0.555. The van der Waals surface area contributed by atoms with Crippen molar-refractivity contribution < 1.29 is 9.90 Å². The average molecular weight is 227 g/mol. The van der Waals surface area contributed by atoms with Gasteiger partial charge in [0.1, 0.15) is 6.54 Å². The molecule has 0 saturated heterocycles. The van der Waals surface area contributed by atoms with Crippen LogP contribution in [0.5, 0.6) is 0 Å². The van der Waals surface area contributed by atoms with Crippen molar-refractivity contribution in [3.05, 3.63) is 11.9 Å². The Morgan fingerprint density at radius 3 is 3.00 bits per heavy atom. The van der Waals surface area contributed by atoms with E-state index in [0.717, 1.165) is 0 Å². The smallest absolute Gasteiger partial charge is 0.242 e. The summed E-state index contributed by atoms with van der Waals surface area (Å²) in [7, 11) is 0. The van der Waals surface area contributed by atoms with Crippen molar-refractivity contribution in [1.82, 2.24) is 20.3 Å². The Balaban J connectivity index is 2.44. The van der Waals surface area contributed by atoms with Gasteiger partial charge in [-0.25, -0.2) is 4.68 Å². The van der Waals surface area contributed by atoms with Crippen LogP contribution in [0.2, 0.25) is 0 Å². The second kappa shape index (κ2) is 6.19. The molecular formula is C9H17N5O2. The summed E-state index contributed by atoms with van der Waals surface area (Å²) >= 11 is 0. The number of nitrogens with one attached hydrogen (secondary N) is 1. The van der Waals surface area contributed by atoms with E-state index in [0.29, 0.717) is 18.7 Å². The van der Waals surface area contributed by atoms with Crippen molar-refractivity contribution in [1.29, 1.82) is 0 Å². The molecule has 4 N–H and O–H groups in total. The monoisotopic (exact) mass is 227 g/mol. The summed E-state index contributed by atoms with van der Waals surface area (Å²) in [6.07, 6.45) is 2.31. The molecule has 0 aliphatic carbocycles. The first-order chi connectivity index (χ1) is 7.69. The molecule has 7 nitrogen and oxygen atoms in total. The maximum Gasteiger partial charge on any atom is 0.242 e. The van der Waals surface area contributed by atoms with Crippen LogP contribution in [-0.2, 0) is 17.9 Å². The molecule has 7 heteroatoms. The third-order valence-electron chi connectivity index (χ3n) is 2.18.